The average molecular weight is 230 g/mol. The van der Waals surface area contributed by atoms with Crippen molar-refractivity contribution in [3.63, 3.8) is 0 Å². The summed E-state index contributed by atoms with van der Waals surface area (Å²) < 4.78 is 5.25. The Labute approximate surface area is 99.3 Å². The first-order chi connectivity index (χ1) is 8.13. The molecule has 0 unspecified atom stereocenters. The van der Waals surface area contributed by atoms with Crippen molar-refractivity contribution < 1.29 is 4.74 Å². The van der Waals surface area contributed by atoms with E-state index >= 15 is 0 Å². The first kappa shape index (κ1) is 11.4. The molecule has 1 aromatic carbocycles. The minimum Gasteiger partial charge on any atom is -0.496 e. The standard InChI is InChI=1S/C13H14N2O2/c1-8-5-12(17-3)9(2)4-10(8)11-6-14-7-15-13(11)16/h4-7H,1-3H3,(H,14,15,16). The van der Waals surface area contributed by atoms with Gasteiger partial charge in [0.2, 0.25) is 0 Å². The monoisotopic (exact) mass is 230 g/mol. The molecule has 88 valence electrons. The van der Waals surface area contributed by atoms with Gasteiger partial charge in [-0.2, -0.15) is 0 Å². The van der Waals surface area contributed by atoms with Crippen molar-refractivity contribution in [3.05, 3.63) is 46.1 Å². The Bertz CT molecular complexity index is 603. The number of methoxy groups -OCH3 is 1. The number of aryl methyl sites for hydroxylation is 2. The van der Waals surface area contributed by atoms with Crippen LogP contribution in [0.15, 0.2) is 29.5 Å². The molecule has 0 radical (unpaired) electrons. The maximum Gasteiger partial charge on any atom is 0.258 e. The van der Waals surface area contributed by atoms with Crippen LogP contribution in [0.25, 0.3) is 11.1 Å². The van der Waals surface area contributed by atoms with Crippen LogP contribution >= 0.6 is 0 Å². The van der Waals surface area contributed by atoms with Crippen molar-refractivity contribution in [1.29, 1.82) is 0 Å². The van der Waals surface area contributed by atoms with Crippen molar-refractivity contribution in [2.45, 2.75) is 13.8 Å². The summed E-state index contributed by atoms with van der Waals surface area (Å²) in [7, 11) is 1.64. The highest BCUT2D eigenvalue weighted by Crippen LogP contribution is 2.27. The highest BCUT2D eigenvalue weighted by Gasteiger charge is 2.09. The van der Waals surface area contributed by atoms with E-state index in [1.165, 1.54) is 6.33 Å². The van der Waals surface area contributed by atoms with E-state index in [9.17, 15) is 4.79 Å². The Balaban J connectivity index is 2.65. The summed E-state index contributed by atoms with van der Waals surface area (Å²) in [6.07, 6.45) is 2.96. The van der Waals surface area contributed by atoms with Crippen molar-refractivity contribution in [2.75, 3.05) is 7.11 Å². The van der Waals surface area contributed by atoms with Gasteiger partial charge in [-0.05, 0) is 42.7 Å². The quantitative estimate of drug-likeness (QED) is 0.859. The van der Waals surface area contributed by atoms with E-state index < -0.39 is 0 Å². The molecule has 0 aliphatic carbocycles. The largest absolute Gasteiger partial charge is 0.496 e. The second kappa shape index (κ2) is 4.41. The van der Waals surface area contributed by atoms with Crippen LogP contribution in [0.3, 0.4) is 0 Å². The molecule has 1 heterocycles. The Morgan fingerprint density at radius 3 is 2.59 bits per heavy atom. The fourth-order valence-electron chi connectivity index (χ4n) is 1.84. The van der Waals surface area contributed by atoms with E-state index in [1.54, 1.807) is 13.3 Å². The Morgan fingerprint density at radius 1 is 1.18 bits per heavy atom. The summed E-state index contributed by atoms with van der Waals surface area (Å²) in [4.78, 5) is 18.2. The second-order valence-corrected chi connectivity index (χ2v) is 3.93. The zero-order valence-corrected chi connectivity index (χ0v) is 10.1. The molecular weight excluding hydrogens is 216 g/mol. The highest BCUT2D eigenvalue weighted by molar-refractivity contribution is 5.68. The number of rotatable bonds is 2. The van der Waals surface area contributed by atoms with Gasteiger partial charge in [0, 0.05) is 6.20 Å². The topological polar surface area (TPSA) is 55.0 Å². The van der Waals surface area contributed by atoms with Gasteiger partial charge in [-0.1, -0.05) is 0 Å². The molecule has 17 heavy (non-hydrogen) atoms. The van der Waals surface area contributed by atoms with E-state index in [1.807, 2.05) is 26.0 Å². The number of benzene rings is 1. The summed E-state index contributed by atoms with van der Waals surface area (Å²) in [5, 5.41) is 0. The number of nitrogens with one attached hydrogen (secondary N) is 1. The van der Waals surface area contributed by atoms with Gasteiger partial charge < -0.3 is 9.72 Å². The van der Waals surface area contributed by atoms with Gasteiger partial charge in [0.25, 0.3) is 5.56 Å². The van der Waals surface area contributed by atoms with E-state index in [-0.39, 0.29) is 5.56 Å². The maximum absolute atomic E-state index is 11.7. The molecule has 1 aromatic heterocycles. The van der Waals surface area contributed by atoms with Crippen molar-refractivity contribution in [1.82, 2.24) is 9.97 Å². The lowest BCUT2D eigenvalue weighted by molar-refractivity contribution is 0.411. The summed E-state index contributed by atoms with van der Waals surface area (Å²) in [5.41, 5.74) is 3.32. The molecule has 0 fully saturated rings. The predicted octanol–water partition coefficient (Wildman–Crippen LogP) is 2.06. The summed E-state index contributed by atoms with van der Waals surface area (Å²) in [5.74, 6) is 0.826. The van der Waals surface area contributed by atoms with E-state index in [2.05, 4.69) is 9.97 Å². The molecule has 0 saturated carbocycles. The molecule has 2 rings (SSSR count). The van der Waals surface area contributed by atoms with Gasteiger partial charge in [-0.15, -0.1) is 0 Å². The summed E-state index contributed by atoms with van der Waals surface area (Å²) in [6, 6.07) is 3.87. The number of aromatic amines is 1. The van der Waals surface area contributed by atoms with Crippen molar-refractivity contribution in [3.8, 4) is 16.9 Å². The van der Waals surface area contributed by atoms with Gasteiger partial charge in [-0.3, -0.25) is 4.79 Å². The molecule has 0 atom stereocenters. The minimum absolute atomic E-state index is 0.132. The third kappa shape index (κ3) is 2.06. The molecule has 0 aliphatic rings. The first-order valence-corrected chi connectivity index (χ1v) is 5.31. The first-order valence-electron chi connectivity index (χ1n) is 5.31. The molecule has 0 amide bonds. The van der Waals surface area contributed by atoms with Crippen LogP contribution in [0.5, 0.6) is 5.75 Å². The lowest BCUT2D eigenvalue weighted by Gasteiger charge is -2.10. The normalized spacial score (nSPS) is 10.3. The molecule has 0 spiro atoms. The van der Waals surface area contributed by atoms with Gasteiger partial charge in [0.1, 0.15) is 5.75 Å². The Morgan fingerprint density at radius 2 is 1.94 bits per heavy atom. The van der Waals surface area contributed by atoms with Crippen LogP contribution in [0, 0.1) is 13.8 Å². The lowest BCUT2D eigenvalue weighted by atomic mass is 10.00. The number of hydrogen-bond acceptors (Lipinski definition) is 3. The van der Waals surface area contributed by atoms with Crippen LogP contribution < -0.4 is 10.3 Å². The van der Waals surface area contributed by atoms with Crippen LogP contribution in [0.4, 0.5) is 0 Å². The van der Waals surface area contributed by atoms with E-state index in [0.29, 0.717) is 5.56 Å². The molecule has 0 saturated heterocycles. The number of H-pyrrole nitrogens is 1. The number of ether oxygens (including phenoxy) is 1. The second-order valence-electron chi connectivity index (χ2n) is 3.93. The minimum atomic E-state index is -0.132. The summed E-state index contributed by atoms with van der Waals surface area (Å²) >= 11 is 0. The predicted molar refractivity (Wildman–Crippen MR) is 66.3 cm³/mol. The summed E-state index contributed by atoms with van der Waals surface area (Å²) in [6.45, 7) is 3.90. The molecule has 4 nitrogen and oxygen atoms in total. The Kier molecular flexibility index (Phi) is 2.95. The van der Waals surface area contributed by atoms with Crippen molar-refractivity contribution >= 4 is 0 Å². The van der Waals surface area contributed by atoms with E-state index in [0.717, 1.165) is 22.4 Å². The molecule has 0 bridgehead atoms. The molecule has 1 N–H and O–H groups in total. The van der Waals surface area contributed by atoms with Crippen LogP contribution in [-0.4, -0.2) is 17.1 Å². The van der Waals surface area contributed by atoms with E-state index in [4.69, 9.17) is 4.74 Å². The molecule has 0 aliphatic heterocycles. The zero-order chi connectivity index (χ0) is 12.4. The SMILES string of the molecule is COc1cc(C)c(-c2cnc[nH]c2=O)cc1C. The smallest absolute Gasteiger partial charge is 0.258 e. The fourth-order valence-corrected chi connectivity index (χ4v) is 1.84. The van der Waals surface area contributed by atoms with Crippen molar-refractivity contribution in [2.24, 2.45) is 0 Å². The zero-order valence-electron chi connectivity index (χ0n) is 10.1. The fraction of sp³-hybridized carbons (Fsp3) is 0.231. The average Bonchev–Trinajstić information content (AvgIpc) is 2.32. The third-order valence-corrected chi connectivity index (χ3v) is 2.75. The van der Waals surface area contributed by atoms with Gasteiger partial charge in [-0.25, -0.2) is 4.98 Å². The lowest BCUT2D eigenvalue weighted by Crippen LogP contribution is -2.09. The molecule has 2 aromatic rings. The number of aromatic nitrogens is 2. The maximum atomic E-state index is 11.7. The molecule has 4 heteroatoms. The highest BCUT2D eigenvalue weighted by atomic mass is 16.5. The molecular formula is C13H14N2O2. The van der Waals surface area contributed by atoms with Gasteiger partial charge in [0.15, 0.2) is 0 Å². The van der Waals surface area contributed by atoms with Crippen LogP contribution in [0.1, 0.15) is 11.1 Å². The third-order valence-electron chi connectivity index (χ3n) is 2.75. The van der Waals surface area contributed by atoms with Gasteiger partial charge in [0.05, 0.1) is 19.0 Å². The number of nitrogens with zero attached hydrogens (tertiary/aromatic N) is 1. The number of hydrogen-bond donors (Lipinski definition) is 1. The van der Waals surface area contributed by atoms with Gasteiger partial charge >= 0.3 is 0 Å². The van der Waals surface area contributed by atoms with Crippen LogP contribution in [-0.2, 0) is 0 Å². The Hall–Kier alpha value is -2.10. The van der Waals surface area contributed by atoms with Crippen LogP contribution in [0.2, 0.25) is 0 Å².